The summed E-state index contributed by atoms with van der Waals surface area (Å²) in [6.45, 7) is 11.9. The first-order valence-corrected chi connectivity index (χ1v) is 8.54. The first-order chi connectivity index (χ1) is 9.85. The summed E-state index contributed by atoms with van der Waals surface area (Å²) in [4.78, 5) is 14.6. The van der Waals surface area contributed by atoms with Crippen molar-refractivity contribution in [2.24, 2.45) is 17.3 Å². The Morgan fingerprint density at radius 1 is 1.24 bits per heavy atom. The Labute approximate surface area is 130 Å². The second-order valence-electron chi connectivity index (χ2n) is 7.87. The zero-order valence-corrected chi connectivity index (χ0v) is 14.4. The van der Waals surface area contributed by atoms with E-state index in [1.54, 1.807) is 7.05 Å². The van der Waals surface area contributed by atoms with Crippen LogP contribution >= 0.6 is 0 Å². The van der Waals surface area contributed by atoms with Crippen molar-refractivity contribution in [2.75, 3.05) is 26.7 Å². The fraction of sp³-hybridized carbons (Fsp3) is 0.941. The molecule has 2 bridgehead atoms. The highest BCUT2D eigenvalue weighted by molar-refractivity contribution is 5.81. The van der Waals surface area contributed by atoms with Crippen molar-refractivity contribution in [3.63, 3.8) is 0 Å². The number of amides is 1. The average molecular weight is 295 g/mol. The van der Waals surface area contributed by atoms with Crippen LogP contribution in [0.15, 0.2) is 0 Å². The molecule has 2 aliphatic rings. The summed E-state index contributed by atoms with van der Waals surface area (Å²) in [6, 6.07) is 1.24. The lowest BCUT2D eigenvalue weighted by Gasteiger charge is -2.49. The largest absolute Gasteiger partial charge is 0.359 e. The monoisotopic (exact) mass is 295 g/mol. The number of nitrogens with zero attached hydrogens (tertiary/aromatic N) is 1. The Kier molecular flexibility index (Phi) is 5.31. The molecule has 2 rings (SSSR count). The van der Waals surface area contributed by atoms with Crippen LogP contribution in [-0.2, 0) is 4.79 Å². The molecule has 4 heteroatoms. The van der Waals surface area contributed by atoms with E-state index in [0.29, 0.717) is 12.1 Å². The Hall–Kier alpha value is -0.610. The number of rotatable bonds is 5. The predicted octanol–water partition coefficient (Wildman–Crippen LogP) is 1.86. The van der Waals surface area contributed by atoms with Crippen molar-refractivity contribution in [1.29, 1.82) is 0 Å². The van der Waals surface area contributed by atoms with Crippen LogP contribution in [0.2, 0.25) is 0 Å². The van der Waals surface area contributed by atoms with Crippen LogP contribution in [0.3, 0.4) is 0 Å². The third kappa shape index (κ3) is 3.78. The maximum absolute atomic E-state index is 11.9. The molecule has 2 unspecified atom stereocenters. The molecule has 1 saturated heterocycles. The fourth-order valence-electron chi connectivity index (χ4n) is 4.02. The van der Waals surface area contributed by atoms with E-state index in [1.165, 1.54) is 32.4 Å². The van der Waals surface area contributed by atoms with Gasteiger partial charge >= 0.3 is 0 Å². The topological polar surface area (TPSA) is 44.4 Å². The average Bonchev–Trinajstić information content (AvgIpc) is 2.43. The van der Waals surface area contributed by atoms with Gasteiger partial charge in [0.25, 0.3) is 0 Å². The lowest BCUT2D eigenvalue weighted by molar-refractivity contribution is -0.128. The second kappa shape index (κ2) is 6.66. The molecule has 0 radical (unpaired) electrons. The van der Waals surface area contributed by atoms with Crippen LogP contribution in [0, 0.1) is 17.3 Å². The van der Waals surface area contributed by atoms with Gasteiger partial charge in [-0.1, -0.05) is 6.42 Å². The van der Waals surface area contributed by atoms with Gasteiger partial charge < -0.3 is 15.5 Å². The Bertz CT molecular complexity index is 353. The number of likely N-dealkylation sites (tertiary alicyclic amines) is 1. The second-order valence-corrected chi connectivity index (χ2v) is 7.87. The van der Waals surface area contributed by atoms with Gasteiger partial charge in [0.15, 0.2) is 0 Å². The van der Waals surface area contributed by atoms with Crippen molar-refractivity contribution in [1.82, 2.24) is 15.5 Å². The first-order valence-electron chi connectivity index (χ1n) is 8.54. The summed E-state index contributed by atoms with van der Waals surface area (Å²) >= 11 is 0. The van der Waals surface area contributed by atoms with Gasteiger partial charge in [0, 0.05) is 38.8 Å². The molecular weight excluding hydrogens is 262 g/mol. The van der Waals surface area contributed by atoms with Crippen LogP contribution in [0.25, 0.3) is 0 Å². The summed E-state index contributed by atoms with van der Waals surface area (Å²) in [7, 11) is 1.72. The van der Waals surface area contributed by atoms with Crippen LogP contribution in [0.4, 0.5) is 0 Å². The Morgan fingerprint density at radius 3 is 2.29 bits per heavy atom. The predicted molar refractivity (Wildman–Crippen MR) is 87.2 cm³/mol. The molecule has 4 nitrogen and oxygen atoms in total. The van der Waals surface area contributed by atoms with Gasteiger partial charge in [-0.2, -0.15) is 0 Å². The highest BCUT2D eigenvalue weighted by atomic mass is 16.2. The molecule has 0 aromatic rings. The van der Waals surface area contributed by atoms with E-state index in [-0.39, 0.29) is 11.3 Å². The van der Waals surface area contributed by atoms with E-state index >= 15 is 0 Å². The van der Waals surface area contributed by atoms with Gasteiger partial charge in [-0.05, 0) is 52.4 Å². The lowest BCUT2D eigenvalue weighted by atomic mass is 9.72. The Balaban J connectivity index is 1.96. The van der Waals surface area contributed by atoms with Crippen molar-refractivity contribution in [2.45, 2.75) is 59.0 Å². The minimum absolute atomic E-state index is 0.125. The summed E-state index contributed by atoms with van der Waals surface area (Å²) in [6.07, 6.45) is 4.04. The molecule has 1 saturated carbocycles. The van der Waals surface area contributed by atoms with Gasteiger partial charge in [-0.25, -0.2) is 0 Å². The smallest absolute Gasteiger partial charge is 0.226 e. The normalized spacial score (nSPS) is 30.5. The van der Waals surface area contributed by atoms with E-state index in [2.05, 4.69) is 29.4 Å². The third-order valence-electron chi connectivity index (χ3n) is 5.46. The quantitative estimate of drug-likeness (QED) is 0.814. The van der Waals surface area contributed by atoms with Gasteiger partial charge in [0.05, 0.1) is 5.41 Å². The van der Waals surface area contributed by atoms with Gasteiger partial charge in [0.2, 0.25) is 5.91 Å². The number of piperidine rings is 1. The molecule has 0 aromatic heterocycles. The molecule has 0 aromatic carbocycles. The van der Waals surface area contributed by atoms with Gasteiger partial charge in [-0.15, -0.1) is 0 Å². The maximum atomic E-state index is 11.9. The summed E-state index contributed by atoms with van der Waals surface area (Å²) < 4.78 is 0. The van der Waals surface area contributed by atoms with Crippen LogP contribution in [-0.4, -0.2) is 49.6 Å². The number of carbonyl (C=O) groups excluding carboxylic acids is 1. The van der Waals surface area contributed by atoms with E-state index in [1.807, 2.05) is 13.8 Å². The number of carbonyl (C=O) groups is 1. The minimum atomic E-state index is -0.335. The van der Waals surface area contributed by atoms with E-state index in [4.69, 9.17) is 0 Å². The molecule has 2 fully saturated rings. The number of hydrogen-bond donors (Lipinski definition) is 2. The van der Waals surface area contributed by atoms with E-state index in [9.17, 15) is 4.79 Å². The van der Waals surface area contributed by atoms with Crippen LogP contribution < -0.4 is 10.6 Å². The van der Waals surface area contributed by atoms with Gasteiger partial charge in [0.1, 0.15) is 0 Å². The molecule has 2 N–H and O–H groups in total. The van der Waals surface area contributed by atoms with E-state index < -0.39 is 0 Å². The molecule has 21 heavy (non-hydrogen) atoms. The SMILES string of the molecule is CNC(=O)C(C)(C)CNC1C2CCCC1CN(C(C)C)C2. The standard InChI is InChI=1S/C17H33N3O/c1-12(2)20-9-13-7-6-8-14(10-20)15(13)19-11-17(3,4)16(21)18-5/h12-15,19H,6-11H2,1-5H3,(H,18,21). The Morgan fingerprint density at radius 2 is 1.81 bits per heavy atom. The first kappa shape index (κ1) is 16.8. The van der Waals surface area contributed by atoms with Crippen LogP contribution in [0.5, 0.6) is 0 Å². The zero-order valence-electron chi connectivity index (χ0n) is 14.4. The fourth-order valence-corrected chi connectivity index (χ4v) is 4.02. The maximum Gasteiger partial charge on any atom is 0.226 e. The summed E-state index contributed by atoms with van der Waals surface area (Å²) in [5, 5.41) is 6.53. The highest BCUT2D eigenvalue weighted by Crippen LogP contribution is 2.36. The van der Waals surface area contributed by atoms with Crippen molar-refractivity contribution in [3.05, 3.63) is 0 Å². The zero-order chi connectivity index (χ0) is 15.6. The third-order valence-corrected chi connectivity index (χ3v) is 5.46. The minimum Gasteiger partial charge on any atom is -0.359 e. The molecule has 1 amide bonds. The number of fused-ring (bicyclic) bond motifs is 2. The van der Waals surface area contributed by atoms with E-state index in [0.717, 1.165) is 18.4 Å². The number of nitrogens with one attached hydrogen (secondary N) is 2. The summed E-state index contributed by atoms with van der Waals surface area (Å²) in [5.41, 5.74) is -0.335. The highest BCUT2D eigenvalue weighted by Gasteiger charge is 2.40. The van der Waals surface area contributed by atoms with Gasteiger partial charge in [-0.3, -0.25) is 4.79 Å². The summed E-state index contributed by atoms with van der Waals surface area (Å²) in [5.74, 6) is 1.63. The van der Waals surface area contributed by atoms with Crippen LogP contribution in [0.1, 0.15) is 47.0 Å². The molecule has 2 atom stereocenters. The molecule has 0 spiro atoms. The van der Waals surface area contributed by atoms with Crippen molar-refractivity contribution < 1.29 is 4.79 Å². The number of hydrogen-bond acceptors (Lipinski definition) is 3. The molecule has 122 valence electrons. The molecule has 1 heterocycles. The van der Waals surface area contributed by atoms with Crippen molar-refractivity contribution in [3.8, 4) is 0 Å². The van der Waals surface area contributed by atoms with Crippen molar-refractivity contribution >= 4 is 5.91 Å². The molecular formula is C17H33N3O. The lowest BCUT2D eigenvalue weighted by Crippen LogP contribution is -2.59. The molecule has 1 aliphatic heterocycles. The molecule has 1 aliphatic carbocycles.